The van der Waals surface area contributed by atoms with Crippen molar-refractivity contribution in [1.82, 2.24) is 19.9 Å². The molecule has 0 bridgehead atoms. The molecule has 0 fully saturated rings. The molecular weight excluding hydrogens is 359 g/mol. The van der Waals surface area contributed by atoms with E-state index in [1.165, 1.54) is 16.6 Å². The summed E-state index contributed by atoms with van der Waals surface area (Å²) in [6.07, 6.45) is -2.81. The Labute approximate surface area is 144 Å². The first-order valence-electron chi connectivity index (χ1n) is 7.00. The lowest BCUT2D eigenvalue weighted by Gasteiger charge is -2.10. The monoisotopic (exact) mass is 369 g/mol. The average Bonchev–Trinajstić information content (AvgIpc) is 2.90. The van der Waals surface area contributed by atoms with Crippen LogP contribution in [0.15, 0.2) is 36.5 Å². The van der Waals surface area contributed by atoms with Gasteiger partial charge in [0, 0.05) is 11.8 Å². The van der Waals surface area contributed by atoms with E-state index in [1.54, 1.807) is 29.7 Å². The normalized spacial score (nSPS) is 11.7. The Morgan fingerprint density at radius 2 is 1.96 bits per heavy atom. The van der Waals surface area contributed by atoms with Crippen molar-refractivity contribution < 1.29 is 18.0 Å². The molecule has 1 aromatic carbocycles. The lowest BCUT2D eigenvalue weighted by atomic mass is 10.1. The highest BCUT2D eigenvalue weighted by atomic mass is 35.5. The number of nitrogens with one attached hydrogen (secondary N) is 1. The van der Waals surface area contributed by atoms with Gasteiger partial charge in [-0.3, -0.25) is 4.79 Å². The number of anilines is 1. The number of nitrogens with two attached hydrogens (primary N) is 1. The first-order chi connectivity index (χ1) is 11.7. The van der Waals surface area contributed by atoms with Crippen LogP contribution in [0.1, 0.15) is 10.4 Å². The van der Waals surface area contributed by atoms with E-state index in [9.17, 15) is 18.0 Å². The average molecular weight is 370 g/mol. The van der Waals surface area contributed by atoms with E-state index >= 15 is 0 Å². The molecule has 25 heavy (non-hydrogen) atoms. The molecule has 3 rings (SSSR count). The number of pyridine rings is 1. The molecule has 3 N–H and O–H groups in total. The third kappa shape index (κ3) is 3.82. The van der Waals surface area contributed by atoms with E-state index in [0.29, 0.717) is 11.2 Å². The predicted molar refractivity (Wildman–Crippen MR) is 86.2 cm³/mol. The summed E-state index contributed by atoms with van der Waals surface area (Å²) in [7, 11) is 0. The maximum Gasteiger partial charge on any atom is 0.405 e. The smallest absolute Gasteiger partial charge is 0.366 e. The zero-order valence-electron chi connectivity index (χ0n) is 12.5. The number of nitrogens with zero attached hydrogens (tertiary/aromatic N) is 3. The predicted octanol–water partition coefficient (Wildman–Crippen LogP) is 2.92. The van der Waals surface area contributed by atoms with Crippen molar-refractivity contribution >= 4 is 29.1 Å². The number of carbonyl (C=O) groups is 1. The molecule has 1 amide bonds. The molecule has 0 spiro atoms. The van der Waals surface area contributed by atoms with Crippen molar-refractivity contribution in [3.05, 3.63) is 47.1 Å². The summed E-state index contributed by atoms with van der Waals surface area (Å²) in [5, 5.41) is 5.81. The Hall–Kier alpha value is -2.81. The van der Waals surface area contributed by atoms with Crippen LogP contribution < -0.4 is 11.1 Å². The van der Waals surface area contributed by atoms with Crippen molar-refractivity contribution in [2.75, 3.05) is 12.3 Å². The molecule has 130 valence electrons. The van der Waals surface area contributed by atoms with Gasteiger partial charge in [0.15, 0.2) is 5.65 Å². The number of amides is 1. The van der Waals surface area contributed by atoms with Crippen molar-refractivity contribution in [3.63, 3.8) is 0 Å². The van der Waals surface area contributed by atoms with Crippen molar-refractivity contribution in [2.24, 2.45) is 0 Å². The Morgan fingerprint density at radius 3 is 2.64 bits per heavy atom. The first kappa shape index (κ1) is 17.0. The van der Waals surface area contributed by atoms with Crippen LogP contribution in [-0.4, -0.2) is 33.2 Å². The Balaban J connectivity index is 1.86. The van der Waals surface area contributed by atoms with Gasteiger partial charge in [0.1, 0.15) is 6.54 Å². The molecule has 0 saturated heterocycles. The Bertz CT molecular complexity index is 954. The van der Waals surface area contributed by atoms with Crippen LogP contribution in [-0.2, 0) is 0 Å². The van der Waals surface area contributed by atoms with Crippen LogP contribution in [0.25, 0.3) is 16.8 Å². The van der Waals surface area contributed by atoms with Gasteiger partial charge in [-0.2, -0.15) is 18.2 Å². The second kappa shape index (κ2) is 6.25. The molecule has 0 radical (unpaired) electrons. The topological polar surface area (TPSA) is 85.3 Å². The SMILES string of the molecule is Nc1nc2ccc(-c3ccc(C(=O)NCC(F)(F)F)c(Cl)c3)cn2n1. The van der Waals surface area contributed by atoms with E-state index in [-0.39, 0.29) is 16.5 Å². The minimum absolute atomic E-state index is 0.0374. The van der Waals surface area contributed by atoms with E-state index in [0.717, 1.165) is 5.56 Å². The zero-order chi connectivity index (χ0) is 18.2. The molecule has 2 aromatic heterocycles. The third-order valence-corrected chi connectivity index (χ3v) is 3.66. The summed E-state index contributed by atoms with van der Waals surface area (Å²) in [6, 6.07) is 7.90. The molecule has 0 aliphatic carbocycles. The van der Waals surface area contributed by atoms with Crippen LogP contribution in [0.4, 0.5) is 19.1 Å². The van der Waals surface area contributed by atoms with Gasteiger partial charge in [-0.1, -0.05) is 17.7 Å². The van der Waals surface area contributed by atoms with Crippen LogP contribution in [0.5, 0.6) is 0 Å². The standard InChI is InChI=1S/C15H11ClF3N5O/c16-11-5-8(1-3-10(11)13(25)21-7-15(17,18)19)9-2-4-12-22-14(20)23-24(12)6-9/h1-6H,7H2,(H2,20,23)(H,21,25). The fourth-order valence-electron chi connectivity index (χ4n) is 2.23. The van der Waals surface area contributed by atoms with E-state index < -0.39 is 18.6 Å². The molecule has 0 unspecified atom stereocenters. The number of hydrogen-bond acceptors (Lipinski definition) is 4. The molecule has 0 aliphatic rings. The van der Waals surface area contributed by atoms with Gasteiger partial charge >= 0.3 is 6.18 Å². The van der Waals surface area contributed by atoms with Crippen molar-refractivity contribution in [3.8, 4) is 11.1 Å². The molecule has 3 aromatic rings. The number of hydrogen-bond donors (Lipinski definition) is 2. The lowest BCUT2D eigenvalue weighted by molar-refractivity contribution is -0.123. The summed E-state index contributed by atoms with van der Waals surface area (Å²) >= 11 is 6.05. The highest BCUT2D eigenvalue weighted by Crippen LogP contribution is 2.26. The fourth-order valence-corrected chi connectivity index (χ4v) is 2.49. The molecule has 0 atom stereocenters. The summed E-state index contributed by atoms with van der Waals surface area (Å²) in [4.78, 5) is 15.8. The maximum atomic E-state index is 12.2. The van der Waals surface area contributed by atoms with Gasteiger partial charge in [-0.15, -0.1) is 5.10 Å². The van der Waals surface area contributed by atoms with Crippen LogP contribution >= 0.6 is 11.6 Å². The Kier molecular flexibility index (Phi) is 4.25. The van der Waals surface area contributed by atoms with E-state index in [1.807, 2.05) is 0 Å². The Morgan fingerprint density at radius 1 is 1.24 bits per heavy atom. The summed E-state index contributed by atoms with van der Waals surface area (Å²) in [5.41, 5.74) is 7.44. The number of fused-ring (bicyclic) bond motifs is 1. The molecule has 0 aliphatic heterocycles. The third-order valence-electron chi connectivity index (χ3n) is 3.34. The lowest BCUT2D eigenvalue weighted by Crippen LogP contribution is -2.33. The first-order valence-corrected chi connectivity index (χ1v) is 7.37. The number of alkyl halides is 3. The number of carbonyl (C=O) groups excluding carboxylic acids is 1. The number of benzene rings is 1. The quantitative estimate of drug-likeness (QED) is 0.743. The molecule has 0 saturated carbocycles. The molecular formula is C15H11ClF3N5O. The highest BCUT2D eigenvalue weighted by molar-refractivity contribution is 6.34. The maximum absolute atomic E-state index is 12.2. The number of rotatable bonds is 3. The van der Waals surface area contributed by atoms with Crippen molar-refractivity contribution in [2.45, 2.75) is 6.18 Å². The van der Waals surface area contributed by atoms with Gasteiger partial charge in [0.25, 0.3) is 5.91 Å². The van der Waals surface area contributed by atoms with Gasteiger partial charge in [-0.05, 0) is 29.8 Å². The second-order valence-corrected chi connectivity index (χ2v) is 5.59. The van der Waals surface area contributed by atoms with Gasteiger partial charge in [-0.25, -0.2) is 4.52 Å². The minimum Gasteiger partial charge on any atom is -0.366 e. The van der Waals surface area contributed by atoms with E-state index in [2.05, 4.69) is 10.1 Å². The van der Waals surface area contributed by atoms with Crippen molar-refractivity contribution in [1.29, 1.82) is 0 Å². The highest BCUT2D eigenvalue weighted by Gasteiger charge is 2.28. The van der Waals surface area contributed by atoms with Crippen LogP contribution in [0, 0.1) is 0 Å². The molecule has 6 nitrogen and oxygen atoms in total. The minimum atomic E-state index is -4.49. The largest absolute Gasteiger partial charge is 0.405 e. The molecule has 10 heteroatoms. The second-order valence-electron chi connectivity index (χ2n) is 5.18. The summed E-state index contributed by atoms with van der Waals surface area (Å²) < 4.78 is 38.0. The number of nitrogen functional groups attached to an aromatic ring is 1. The number of aromatic nitrogens is 3. The summed E-state index contributed by atoms with van der Waals surface area (Å²) in [5.74, 6) is -0.764. The van der Waals surface area contributed by atoms with E-state index in [4.69, 9.17) is 17.3 Å². The van der Waals surface area contributed by atoms with Crippen LogP contribution in [0.3, 0.4) is 0 Å². The molecule has 2 heterocycles. The number of halogens is 4. The fraction of sp³-hybridized carbons (Fsp3) is 0.133. The van der Waals surface area contributed by atoms with Gasteiger partial charge in [0.2, 0.25) is 5.95 Å². The van der Waals surface area contributed by atoms with Gasteiger partial charge in [0.05, 0.1) is 10.6 Å². The van der Waals surface area contributed by atoms with Gasteiger partial charge < -0.3 is 11.1 Å². The van der Waals surface area contributed by atoms with Crippen LogP contribution in [0.2, 0.25) is 5.02 Å². The summed E-state index contributed by atoms with van der Waals surface area (Å²) in [6.45, 7) is -1.42. The zero-order valence-corrected chi connectivity index (χ0v) is 13.3.